The maximum Gasteiger partial charge on any atom is 0.0737 e. The van der Waals surface area contributed by atoms with Crippen LogP contribution in [0.3, 0.4) is 0 Å². The third-order valence-corrected chi connectivity index (χ3v) is 7.38. The molecule has 6 heteroatoms. The monoisotopic (exact) mass is 474 g/mol. The molecule has 0 amide bonds. The number of hydrogen-bond acceptors (Lipinski definition) is 4. The maximum absolute atomic E-state index is 5.16. The largest absolute Gasteiger partial charge is 0.355 e. The molecule has 7 rings (SSSR count). The van der Waals surface area contributed by atoms with E-state index in [1.165, 1.54) is 0 Å². The summed E-state index contributed by atoms with van der Waals surface area (Å²) in [4.78, 5) is 17.1. The van der Waals surface area contributed by atoms with E-state index in [1.54, 1.807) is 22.7 Å². The summed E-state index contributed by atoms with van der Waals surface area (Å²) >= 11 is 3.38. The molecule has 8 bridgehead atoms. The molecule has 0 unspecified atom stereocenters. The first-order valence-electron chi connectivity index (χ1n) is 11.0. The van der Waals surface area contributed by atoms with Gasteiger partial charge in [0.25, 0.3) is 0 Å². The highest BCUT2D eigenvalue weighted by Crippen LogP contribution is 2.35. The van der Waals surface area contributed by atoms with Crippen molar-refractivity contribution in [3.05, 3.63) is 92.8 Å². The van der Waals surface area contributed by atoms with Crippen molar-refractivity contribution in [2.24, 2.45) is 0 Å². The molecule has 0 radical (unpaired) electrons. The lowest BCUT2D eigenvalue weighted by Gasteiger charge is -2.02. The van der Waals surface area contributed by atoms with Crippen molar-refractivity contribution in [1.29, 1.82) is 0 Å². The van der Waals surface area contributed by atoms with Crippen LogP contribution in [0.4, 0.5) is 0 Å². The Bertz CT molecular complexity index is 1620. The Balaban J connectivity index is 1.65. The van der Waals surface area contributed by atoms with Crippen molar-refractivity contribution in [3.63, 3.8) is 0 Å². The van der Waals surface area contributed by atoms with Gasteiger partial charge in [0.15, 0.2) is 0 Å². The van der Waals surface area contributed by atoms with E-state index in [2.05, 4.69) is 92.2 Å². The molecular weight excluding hydrogens is 456 g/mol. The van der Waals surface area contributed by atoms with Gasteiger partial charge in [-0.05, 0) is 105 Å². The molecule has 0 saturated carbocycles. The fraction of sp³-hybridized carbons (Fsp3) is 0. The number of aromatic amines is 2. The van der Waals surface area contributed by atoms with Crippen LogP contribution in [-0.4, -0.2) is 19.9 Å². The molecule has 162 valence electrons. The molecule has 0 aromatic carbocycles. The summed E-state index contributed by atoms with van der Waals surface area (Å²) in [5.74, 6) is 0. The lowest BCUT2D eigenvalue weighted by molar-refractivity contribution is 1.31. The molecule has 4 nitrogen and oxygen atoms in total. The van der Waals surface area contributed by atoms with Gasteiger partial charge in [0.2, 0.25) is 0 Å². The van der Waals surface area contributed by atoms with Crippen LogP contribution >= 0.6 is 22.7 Å². The number of fused-ring (bicyclic) bond motifs is 8. The van der Waals surface area contributed by atoms with E-state index in [-0.39, 0.29) is 0 Å². The highest BCUT2D eigenvalue weighted by atomic mass is 32.1. The van der Waals surface area contributed by atoms with Gasteiger partial charge in [-0.15, -0.1) is 0 Å². The van der Waals surface area contributed by atoms with Gasteiger partial charge >= 0.3 is 0 Å². The highest BCUT2D eigenvalue weighted by Gasteiger charge is 2.15. The number of aromatic nitrogens is 4. The minimum absolute atomic E-state index is 0.926. The zero-order valence-corrected chi connectivity index (χ0v) is 19.6. The van der Waals surface area contributed by atoms with E-state index in [4.69, 9.17) is 9.97 Å². The quantitative estimate of drug-likeness (QED) is 0.266. The van der Waals surface area contributed by atoms with Gasteiger partial charge in [-0.25, -0.2) is 9.97 Å². The molecule has 2 N–H and O–H groups in total. The average molecular weight is 475 g/mol. The summed E-state index contributed by atoms with van der Waals surface area (Å²) in [6.07, 6.45) is 8.34. The van der Waals surface area contributed by atoms with Crippen molar-refractivity contribution in [2.75, 3.05) is 0 Å². The Morgan fingerprint density at radius 2 is 1.09 bits per heavy atom. The standard InChI is InChI=1S/C28H18N4S2/c1-2-20-14-22-4-6-24(31-22)28(18-10-12-34-16-18)26-8-7-25(32-26)27(17-9-11-33-15-17)23-5-3-21(30-23)13-19(1)29-20/h1-16,30-31H. The van der Waals surface area contributed by atoms with Gasteiger partial charge < -0.3 is 9.97 Å². The van der Waals surface area contributed by atoms with Crippen molar-refractivity contribution in [1.82, 2.24) is 19.9 Å². The van der Waals surface area contributed by atoms with Crippen LogP contribution in [0.15, 0.2) is 70.1 Å². The smallest absolute Gasteiger partial charge is 0.0737 e. The lowest BCUT2D eigenvalue weighted by Crippen LogP contribution is -1.86. The molecule has 0 fully saturated rings. The topological polar surface area (TPSA) is 57.4 Å². The predicted molar refractivity (Wildman–Crippen MR) is 145 cm³/mol. The molecular formula is C28H18N4S2. The zero-order valence-electron chi connectivity index (χ0n) is 17.9. The Kier molecular flexibility index (Phi) is 4.46. The van der Waals surface area contributed by atoms with Crippen molar-refractivity contribution >= 4 is 69.0 Å². The van der Waals surface area contributed by atoms with Gasteiger partial charge in [0, 0.05) is 33.2 Å². The Labute approximate surface area is 203 Å². The van der Waals surface area contributed by atoms with E-state index < -0.39 is 0 Å². The third kappa shape index (κ3) is 3.36. The second kappa shape index (κ2) is 7.80. The van der Waals surface area contributed by atoms with E-state index in [9.17, 15) is 0 Å². The van der Waals surface area contributed by atoms with Crippen LogP contribution in [0.2, 0.25) is 0 Å². The second-order valence-electron chi connectivity index (χ2n) is 8.23. The number of nitrogens with one attached hydrogen (secondary N) is 2. The molecule has 0 aliphatic carbocycles. The molecule has 0 atom stereocenters. The Morgan fingerprint density at radius 1 is 0.559 bits per heavy atom. The fourth-order valence-electron chi connectivity index (χ4n) is 4.49. The molecule has 2 aliphatic rings. The molecule has 5 aromatic heterocycles. The van der Waals surface area contributed by atoms with Crippen LogP contribution in [0, 0.1) is 0 Å². The van der Waals surface area contributed by atoms with Gasteiger partial charge in [0.1, 0.15) is 0 Å². The lowest BCUT2D eigenvalue weighted by atomic mass is 10.1. The van der Waals surface area contributed by atoms with Gasteiger partial charge in [-0.3, -0.25) is 0 Å². The normalized spacial score (nSPS) is 12.5. The minimum atomic E-state index is 0.926. The first-order chi connectivity index (χ1) is 16.8. The average Bonchev–Trinajstić information content (AvgIpc) is 3.67. The van der Waals surface area contributed by atoms with Gasteiger partial charge in [0.05, 0.1) is 22.8 Å². The summed E-state index contributed by atoms with van der Waals surface area (Å²) in [6, 6.07) is 16.9. The molecule has 0 spiro atoms. The van der Waals surface area contributed by atoms with Crippen molar-refractivity contribution in [3.8, 4) is 22.3 Å². The summed E-state index contributed by atoms with van der Waals surface area (Å²) < 4.78 is 0. The van der Waals surface area contributed by atoms with Gasteiger partial charge in [-0.1, -0.05) is 0 Å². The Morgan fingerprint density at radius 3 is 1.56 bits per heavy atom. The minimum Gasteiger partial charge on any atom is -0.355 e. The van der Waals surface area contributed by atoms with Crippen LogP contribution in [0.5, 0.6) is 0 Å². The molecule has 7 heterocycles. The number of H-pyrrole nitrogens is 2. The number of thiophene rings is 2. The number of nitrogens with zero attached hydrogens (tertiary/aromatic N) is 2. The van der Waals surface area contributed by atoms with Gasteiger partial charge in [-0.2, -0.15) is 22.7 Å². The summed E-state index contributed by atoms with van der Waals surface area (Å²) in [6.45, 7) is 0. The molecule has 2 aliphatic heterocycles. The summed E-state index contributed by atoms with van der Waals surface area (Å²) in [5, 5.41) is 8.56. The van der Waals surface area contributed by atoms with Crippen LogP contribution in [0.25, 0.3) is 68.6 Å². The second-order valence-corrected chi connectivity index (χ2v) is 9.79. The fourth-order valence-corrected chi connectivity index (χ4v) is 5.79. The van der Waals surface area contributed by atoms with E-state index in [0.717, 1.165) is 67.1 Å². The highest BCUT2D eigenvalue weighted by molar-refractivity contribution is 7.08. The summed E-state index contributed by atoms with van der Waals surface area (Å²) in [5.41, 5.74) is 12.4. The Hall–Kier alpha value is -4.00. The number of hydrogen-bond donors (Lipinski definition) is 2. The van der Waals surface area contributed by atoms with Crippen LogP contribution in [0.1, 0.15) is 22.8 Å². The first-order valence-corrected chi connectivity index (χ1v) is 12.8. The zero-order chi connectivity index (χ0) is 22.5. The number of rotatable bonds is 2. The van der Waals surface area contributed by atoms with E-state index in [1.807, 2.05) is 12.2 Å². The van der Waals surface area contributed by atoms with Crippen LogP contribution < -0.4 is 0 Å². The SMILES string of the molecule is C1=Cc2cc3ccc([nH]3)c(-c3ccsc3)c3nc(c(-c4ccsc4)c4ccc(cc1n2)[nH]4)C=C3. The van der Waals surface area contributed by atoms with Crippen molar-refractivity contribution < 1.29 is 0 Å². The molecule has 0 saturated heterocycles. The molecule has 5 aromatic rings. The summed E-state index contributed by atoms with van der Waals surface area (Å²) in [7, 11) is 0. The molecule has 34 heavy (non-hydrogen) atoms. The van der Waals surface area contributed by atoms with E-state index in [0.29, 0.717) is 0 Å². The van der Waals surface area contributed by atoms with E-state index >= 15 is 0 Å². The van der Waals surface area contributed by atoms with Crippen molar-refractivity contribution in [2.45, 2.75) is 0 Å². The van der Waals surface area contributed by atoms with Crippen LogP contribution in [-0.2, 0) is 0 Å². The third-order valence-electron chi connectivity index (χ3n) is 6.02. The first kappa shape index (κ1) is 19.5. The maximum atomic E-state index is 5.16. The predicted octanol–water partition coefficient (Wildman–Crippen LogP) is 8.11.